The summed E-state index contributed by atoms with van der Waals surface area (Å²) >= 11 is 0. The van der Waals surface area contributed by atoms with Crippen molar-refractivity contribution in [3.05, 3.63) is 22.5 Å². The van der Waals surface area contributed by atoms with Crippen LogP contribution in [0.25, 0.3) is 0 Å². The van der Waals surface area contributed by atoms with Crippen molar-refractivity contribution in [1.29, 1.82) is 0 Å². The summed E-state index contributed by atoms with van der Waals surface area (Å²) in [6.45, 7) is 0. The lowest BCUT2D eigenvalue weighted by Gasteiger charge is -2.61. The number of alkyl halides is 3. The van der Waals surface area contributed by atoms with Gasteiger partial charge in [0, 0.05) is 13.1 Å². The minimum absolute atomic E-state index is 0.0401. The smallest absolute Gasteiger partial charge is 0.309 e. The number of aromatic nitrogens is 2. The molecule has 4 aliphatic carbocycles. The van der Waals surface area contributed by atoms with E-state index in [0.717, 1.165) is 11.1 Å². The summed E-state index contributed by atoms with van der Waals surface area (Å²) in [5.41, 5.74) is -3.01. The number of nitrogens with zero attached hydrogens (tertiary/aromatic N) is 2. The van der Waals surface area contributed by atoms with Crippen LogP contribution in [0.4, 0.5) is 19.0 Å². The van der Waals surface area contributed by atoms with Gasteiger partial charge in [-0.15, -0.1) is 0 Å². The van der Waals surface area contributed by atoms with Crippen molar-refractivity contribution in [3.8, 4) is 0 Å². The molecule has 0 saturated heterocycles. The number of rotatable bonds is 2. The van der Waals surface area contributed by atoms with Gasteiger partial charge in [0.1, 0.15) is 0 Å². The minimum atomic E-state index is -4.27. The molecule has 0 spiro atoms. The highest BCUT2D eigenvalue weighted by atomic mass is 19.4. The van der Waals surface area contributed by atoms with Gasteiger partial charge in [-0.3, -0.25) is 9.59 Å². The minimum Gasteiger partial charge on any atom is -0.309 e. The molecule has 1 N–H and O–H groups in total. The molecule has 5 rings (SSSR count). The van der Waals surface area contributed by atoms with Crippen molar-refractivity contribution < 1.29 is 18.0 Å². The van der Waals surface area contributed by atoms with Gasteiger partial charge < -0.3 is 5.32 Å². The van der Waals surface area contributed by atoms with Crippen molar-refractivity contribution in [2.75, 3.05) is 5.32 Å². The molecule has 0 radical (unpaired) electrons. The van der Waals surface area contributed by atoms with Gasteiger partial charge in [0.25, 0.3) is 5.56 Å². The normalized spacial score (nSPS) is 36.5. The van der Waals surface area contributed by atoms with Crippen LogP contribution in [0.2, 0.25) is 0 Å². The summed E-state index contributed by atoms with van der Waals surface area (Å²) in [5.74, 6) is -0.270. The summed E-state index contributed by atoms with van der Waals surface area (Å²) in [6, 6.07) is 2.67. The van der Waals surface area contributed by atoms with E-state index in [2.05, 4.69) is 10.4 Å². The second kappa shape index (κ2) is 5.08. The van der Waals surface area contributed by atoms with Gasteiger partial charge in [-0.1, -0.05) is 0 Å². The van der Waals surface area contributed by atoms with Gasteiger partial charge in [0.05, 0.1) is 10.8 Å². The van der Waals surface area contributed by atoms with Gasteiger partial charge in [0.2, 0.25) is 5.91 Å². The van der Waals surface area contributed by atoms with Crippen molar-refractivity contribution in [2.45, 2.75) is 44.7 Å². The molecule has 4 fully saturated rings. The quantitative estimate of drug-likeness (QED) is 0.887. The monoisotopic (exact) mass is 355 g/mol. The van der Waals surface area contributed by atoms with Crippen molar-refractivity contribution in [2.24, 2.45) is 29.7 Å². The van der Waals surface area contributed by atoms with Crippen molar-refractivity contribution >= 4 is 11.7 Å². The zero-order chi connectivity index (χ0) is 18.0. The molecule has 2 atom stereocenters. The average Bonchev–Trinajstić information content (AvgIpc) is 2.48. The van der Waals surface area contributed by atoms with Crippen LogP contribution in [0.1, 0.15) is 38.5 Å². The Bertz CT molecular complexity index is 772. The molecule has 4 aliphatic rings. The maximum absolute atomic E-state index is 13.8. The van der Waals surface area contributed by atoms with E-state index in [9.17, 15) is 22.8 Å². The third kappa shape index (κ3) is 2.48. The SMILES string of the molecule is Cn1nc(NC(=O)C23CC4CC(C2)CC(C(F)(F)F)(C4)C3)ccc1=O. The van der Waals surface area contributed by atoms with E-state index in [0.29, 0.717) is 12.8 Å². The predicted molar refractivity (Wildman–Crippen MR) is 83.7 cm³/mol. The van der Waals surface area contributed by atoms with Crippen LogP contribution in [0, 0.1) is 22.7 Å². The summed E-state index contributed by atoms with van der Waals surface area (Å²) in [5, 5.41) is 6.61. The van der Waals surface area contributed by atoms with Crippen LogP contribution in [-0.4, -0.2) is 21.9 Å². The maximum Gasteiger partial charge on any atom is 0.394 e. The molecule has 136 valence electrons. The van der Waals surface area contributed by atoms with Gasteiger partial charge in [-0.2, -0.15) is 18.3 Å². The van der Waals surface area contributed by atoms with E-state index in [1.807, 2.05) is 0 Å². The van der Waals surface area contributed by atoms with E-state index in [-0.39, 0.29) is 48.4 Å². The Morgan fingerprint density at radius 2 is 1.88 bits per heavy atom. The molecular formula is C17H20F3N3O2. The largest absolute Gasteiger partial charge is 0.394 e. The highest BCUT2D eigenvalue weighted by molar-refractivity contribution is 5.95. The first kappa shape index (κ1) is 16.6. The molecule has 1 amide bonds. The fraction of sp³-hybridized carbons (Fsp3) is 0.706. The summed E-state index contributed by atoms with van der Waals surface area (Å²) < 4.78 is 42.4. The average molecular weight is 355 g/mol. The van der Waals surface area contributed by atoms with E-state index in [4.69, 9.17) is 0 Å². The number of hydrogen-bond donors (Lipinski definition) is 1. The molecule has 1 heterocycles. The van der Waals surface area contributed by atoms with Crippen LogP contribution in [0.5, 0.6) is 0 Å². The van der Waals surface area contributed by atoms with Gasteiger partial charge in [-0.25, -0.2) is 4.68 Å². The number of anilines is 1. The molecule has 25 heavy (non-hydrogen) atoms. The fourth-order valence-electron chi connectivity index (χ4n) is 5.68. The van der Waals surface area contributed by atoms with Crippen LogP contribution in [0.3, 0.4) is 0 Å². The number of nitrogens with one attached hydrogen (secondary N) is 1. The molecule has 4 saturated carbocycles. The topological polar surface area (TPSA) is 64.0 Å². The first-order chi connectivity index (χ1) is 11.6. The van der Waals surface area contributed by atoms with Crippen LogP contribution >= 0.6 is 0 Å². The Morgan fingerprint density at radius 3 is 2.44 bits per heavy atom. The van der Waals surface area contributed by atoms with E-state index < -0.39 is 17.0 Å². The number of carbonyl (C=O) groups is 1. The summed E-state index contributed by atoms with van der Waals surface area (Å²) in [6.07, 6.45) is -2.28. The molecule has 2 unspecified atom stereocenters. The lowest BCUT2D eigenvalue weighted by molar-refractivity contribution is -0.283. The number of hydrogen-bond acceptors (Lipinski definition) is 3. The fourth-order valence-corrected chi connectivity index (χ4v) is 5.68. The first-order valence-electron chi connectivity index (χ1n) is 8.55. The Kier molecular flexibility index (Phi) is 3.37. The predicted octanol–water partition coefficient (Wildman–Crippen LogP) is 2.87. The Hall–Kier alpha value is -1.86. The molecule has 4 bridgehead atoms. The molecule has 1 aromatic rings. The molecule has 0 aliphatic heterocycles. The Morgan fingerprint density at radius 1 is 1.24 bits per heavy atom. The van der Waals surface area contributed by atoms with Crippen molar-refractivity contribution in [1.82, 2.24) is 9.78 Å². The van der Waals surface area contributed by atoms with Gasteiger partial charge >= 0.3 is 6.18 Å². The molecular weight excluding hydrogens is 335 g/mol. The lowest BCUT2D eigenvalue weighted by atomic mass is 9.43. The van der Waals surface area contributed by atoms with E-state index in [1.54, 1.807) is 0 Å². The Labute approximate surface area is 142 Å². The molecule has 0 aromatic carbocycles. The first-order valence-corrected chi connectivity index (χ1v) is 8.55. The lowest BCUT2D eigenvalue weighted by Crippen LogP contribution is -2.60. The maximum atomic E-state index is 13.8. The van der Waals surface area contributed by atoms with Crippen LogP contribution in [-0.2, 0) is 11.8 Å². The molecule has 1 aromatic heterocycles. The number of aryl methyl sites for hydroxylation is 1. The molecule has 8 heteroatoms. The second-order valence-corrected chi connectivity index (χ2v) is 8.15. The zero-order valence-corrected chi connectivity index (χ0v) is 13.9. The summed E-state index contributed by atoms with van der Waals surface area (Å²) in [7, 11) is 1.46. The third-order valence-corrected chi connectivity index (χ3v) is 6.35. The highest BCUT2D eigenvalue weighted by Crippen LogP contribution is 2.69. The number of amides is 1. The van der Waals surface area contributed by atoms with E-state index in [1.165, 1.54) is 19.2 Å². The zero-order valence-electron chi connectivity index (χ0n) is 13.9. The Balaban J connectivity index is 1.64. The van der Waals surface area contributed by atoms with Gasteiger partial charge in [-0.05, 0) is 56.4 Å². The van der Waals surface area contributed by atoms with Crippen molar-refractivity contribution in [3.63, 3.8) is 0 Å². The van der Waals surface area contributed by atoms with Crippen LogP contribution < -0.4 is 10.9 Å². The van der Waals surface area contributed by atoms with Crippen LogP contribution in [0.15, 0.2) is 16.9 Å². The number of carbonyl (C=O) groups excluding carboxylic acids is 1. The van der Waals surface area contributed by atoms with E-state index >= 15 is 0 Å². The second-order valence-electron chi connectivity index (χ2n) is 8.15. The third-order valence-electron chi connectivity index (χ3n) is 6.35. The van der Waals surface area contributed by atoms with Gasteiger partial charge in [0.15, 0.2) is 5.82 Å². The summed E-state index contributed by atoms with van der Waals surface area (Å²) in [4.78, 5) is 24.3. The standard InChI is InChI=1S/C17H20F3N3O2/c1-23-13(24)3-2-12(22-23)21-14(25)15-5-10-4-11(6-15)8-16(7-10,9-15)17(18,19)20/h2-3,10-11H,4-9H2,1H3,(H,21,22,25). The molecule has 5 nitrogen and oxygen atoms in total. The highest BCUT2D eigenvalue weighted by Gasteiger charge is 2.68. The number of halogens is 3.